The minimum atomic E-state index is -0.477. The van der Waals surface area contributed by atoms with E-state index in [0.29, 0.717) is 72.0 Å². The van der Waals surface area contributed by atoms with E-state index in [-0.39, 0.29) is 75.1 Å². The summed E-state index contributed by atoms with van der Waals surface area (Å²) in [5.41, 5.74) is 17.4. The Kier molecular flexibility index (Phi) is 29.7. The zero-order chi connectivity index (χ0) is 101. The van der Waals surface area contributed by atoms with Crippen molar-refractivity contribution in [2.45, 2.75) is 287 Å². The highest BCUT2D eigenvalue weighted by Gasteiger charge is 2.49. The lowest BCUT2D eigenvalue weighted by Gasteiger charge is -2.40. The molecule has 4 atom stereocenters. The number of benzene rings is 4. The lowest BCUT2D eigenvalue weighted by molar-refractivity contribution is -0.128. The third-order valence-electron chi connectivity index (χ3n) is 31.7. The van der Waals surface area contributed by atoms with Crippen LogP contribution in [0.5, 0.6) is 0 Å². The van der Waals surface area contributed by atoms with E-state index >= 15 is 0 Å². The third kappa shape index (κ3) is 24.5. The molecule has 4 aliphatic heterocycles. The van der Waals surface area contributed by atoms with Gasteiger partial charge in [0, 0.05) is 205 Å². The zero-order valence-corrected chi connectivity index (χ0v) is 87.0. The van der Waals surface area contributed by atoms with Gasteiger partial charge in [-0.25, -0.2) is 24.5 Å². The molecule has 29 heteroatoms. The van der Waals surface area contributed by atoms with E-state index in [1.165, 1.54) is 121 Å². The fraction of sp³-hybridized carbons (Fsp3) is 0.565. The zero-order valence-electron chi connectivity index (χ0n) is 87.0. The molecule has 0 bridgehead atoms. The molecule has 4 unspecified atom stereocenters. The second-order valence-corrected chi connectivity index (χ2v) is 46.2. The van der Waals surface area contributed by atoms with Crippen LogP contribution < -0.4 is 43.7 Å². The van der Waals surface area contributed by atoms with Crippen LogP contribution in [0.15, 0.2) is 179 Å². The van der Waals surface area contributed by atoms with Crippen LogP contribution in [0, 0.1) is 23.7 Å². The molecule has 144 heavy (non-hydrogen) atoms. The highest BCUT2D eigenvalue weighted by Crippen LogP contribution is 2.53. The van der Waals surface area contributed by atoms with Crippen molar-refractivity contribution < 1.29 is 23.9 Å². The van der Waals surface area contributed by atoms with Crippen LogP contribution in [-0.2, 0) is 36.4 Å². The predicted octanol–water partition coefficient (Wildman–Crippen LogP) is 18.8. The SMILES string of the molecule is C=CC(=O)N1CCN(C(CC2CC2)c2ccc(C3(Nc4ncc5ccc(=O)n(C(C)C)c5n4)CC3)cc2)CC1.CC(C)(C)OC(=O)N1CCN(C(CC2CC2)c2ccc(C3(N)CC3)cc2)CC1.CC(C)n1c(=O)ccc2cnc(NC3(c4ccc(C(CC5CC5)N5CCN(C(=O)OC(C)(C)C)CC5)cc4)CC3)nc21.CC(C)n1c(=O)ccc2cnc(NC3(c4ccc(C(CC5CC5)N5CCNCC5)cc4)CC3)nc21. The number of ether oxygens (including phenoxy) is 2. The molecule has 766 valence electrons. The molecule has 6 N–H and O–H groups in total. The highest BCUT2D eigenvalue weighted by atomic mass is 16.6. The van der Waals surface area contributed by atoms with Gasteiger partial charge < -0.3 is 51.2 Å². The molecule has 0 spiro atoms. The minimum absolute atomic E-state index is 0.00949. The standard InChI is InChI=1S/C33H44N6O3.C31H38N6O2.C28H36N6O.C23H35N3O2/c1-22(2)39-28(40)13-10-25-21-34-30(35-29(25)39)36-33(14-15-33)26-11-8-24(9-12-26)27(20-23-6-7-23)37-16-18-38(19-17-37)31(41)42-32(3,4)5;1-4-27(38)36-17-15-35(16-18-36)26(19-22-5-6-22)23-7-10-25(11-8-23)31(13-14-31)34-30-32-20-24-9-12-28(39)37(21(2)3)29(24)33-30;1-19(2)34-25(35)10-7-22-18-30-27(31-26(22)34)32-28(11-12-28)23-8-5-21(6-9-23)24(17-20-3-4-20)33-15-13-29-14-16-33;1-22(2,3)28-21(27)26-14-12-25(13-15-26)20(16-17-4-5-17)18-6-8-19(9-7-18)23(24)10-11-23/h8-13,21-23,27H,6-7,14-20H2,1-5H3,(H,34,35,36);4,7-12,20-22,26H,1,5-6,13-19H2,2-3H3,(H,32,33,34);5-10,18-20,24,29H,3-4,11-17H2,1-2H3,(H,30,31,32);6-9,17,20H,4-5,10-16,24H2,1-3H3. The summed E-state index contributed by atoms with van der Waals surface area (Å²) in [4.78, 5) is 119. The molecule has 29 nitrogen and oxygen atoms in total. The van der Waals surface area contributed by atoms with Crippen LogP contribution in [0.2, 0.25) is 0 Å². The molecule has 10 heterocycles. The molecule has 4 saturated heterocycles. The molecule has 8 saturated carbocycles. The fourth-order valence-electron chi connectivity index (χ4n) is 21.9. The van der Waals surface area contributed by atoms with Gasteiger partial charge in [0.25, 0.3) is 16.7 Å². The maximum Gasteiger partial charge on any atom is 0.410 e. The van der Waals surface area contributed by atoms with Crippen molar-refractivity contribution in [2.75, 3.05) is 121 Å². The Morgan fingerprint density at radius 3 is 0.889 bits per heavy atom. The average Bonchev–Trinajstić information content (AvgIpc) is 1.64. The number of anilines is 3. The third-order valence-corrected chi connectivity index (χ3v) is 31.7. The van der Waals surface area contributed by atoms with Gasteiger partial charge >= 0.3 is 12.2 Å². The van der Waals surface area contributed by atoms with Crippen LogP contribution in [0.4, 0.5) is 27.4 Å². The number of nitrogens with two attached hydrogens (primary N) is 1. The summed E-state index contributed by atoms with van der Waals surface area (Å²) in [5.74, 6) is 5.10. The monoisotopic (exact) mass is 1960 g/mol. The number of nitrogens with zero attached hydrogens (tertiary/aromatic N) is 16. The number of aromatic nitrogens is 9. The second kappa shape index (κ2) is 42.2. The molecule has 4 aromatic carbocycles. The summed E-state index contributed by atoms with van der Waals surface area (Å²) in [6, 6.07) is 48.5. The van der Waals surface area contributed by atoms with Gasteiger partial charge in [-0.05, 0) is 253 Å². The molecule has 6 aromatic heterocycles. The van der Waals surface area contributed by atoms with E-state index in [9.17, 15) is 28.8 Å². The van der Waals surface area contributed by atoms with Crippen molar-refractivity contribution in [3.8, 4) is 0 Å². The first-order valence-corrected chi connectivity index (χ1v) is 53.9. The Morgan fingerprint density at radius 2 is 0.646 bits per heavy atom. The average molecular weight is 1960 g/mol. The smallest absolute Gasteiger partial charge is 0.410 e. The summed E-state index contributed by atoms with van der Waals surface area (Å²) >= 11 is 0. The van der Waals surface area contributed by atoms with E-state index in [1.54, 1.807) is 56.4 Å². The number of piperazine rings is 4. The number of rotatable bonds is 30. The van der Waals surface area contributed by atoms with Crippen molar-refractivity contribution in [3.05, 3.63) is 240 Å². The molecular weight excluding hydrogens is 1800 g/mol. The first-order valence-electron chi connectivity index (χ1n) is 53.9. The Morgan fingerprint density at radius 1 is 0.382 bits per heavy atom. The summed E-state index contributed by atoms with van der Waals surface area (Å²) in [7, 11) is 0. The molecular formula is C115H153N21O8. The summed E-state index contributed by atoms with van der Waals surface area (Å²) in [6.07, 6.45) is 30.5. The summed E-state index contributed by atoms with van der Waals surface area (Å²) in [5, 5.41) is 16.9. The van der Waals surface area contributed by atoms with Crippen molar-refractivity contribution in [2.24, 2.45) is 29.4 Å². The number of carbonyl (C=O) groups is 3. The van der Waals surface area contributed by atoms with Gasteiger partial charge in [0.15, 0.2) is 0 Å². The predicted molar refractivity (Wildman–Crippen MR) is 569 cm³/mol. The molecule has 8 aliphatic carbocycles. The van der Waals surface area contributed by atoms with Crippen LogP contribution in [0.1, 0.15) is 298 Å². The minimum Gasteiger partial charge on any atom is -0.444 e. The molecule has 12 fully saturated rings. The van der Waals surface area contributed by atoms with Gasteiger partial charge in [-0.1, -0.05) is 155 Å². The number of fused-ring (bicyclic) bond motifs is 3. The number of carbonyl (C=O) groups excluding carboxylic acids is 3. The second-order valence-electron chi connectivity index (χ2n) is 46.2. The van der Waals surface area contributed by atoms with Crippen LogP contribution >= 0.6 is 0 Å². The number of hydrogen-bond donors (Lipinski definition) is 5. The normalized spacial score (nSPS) is 20.7. The Hall–Kier alpha value is -11.3. The van der Waals surface area contributed by atoms with Crippen LogP contribution in [-0.4, -0.2) is 212 Å². The molecule has 12 aliphatic rings. The lowest BCUT2D eigenvalue weighted by Crippen LogP contribution is -2.50. The van der Waals surface area contributed by atoms with Crippen LogP contribution in [0.25, 0.3) is 33.1 Å². The largest absolute Gasteiger partial charge is 0.444 e. The van der Waals surface area contributed by atoms with Gasteiger partial charge in [0.05, 0.1) is 16.6 Å². The van der Waals surface area contributed by atoms with Crippen molar-refractivity contribution in [1.29, 1.82) is 0 Å². The fourth-order valence-corrected chi connectivity index (χ4v) is 21.9. The molecule has 10 aromatic rings. The van der Waals surface area contributed by atoms with Crippen LogP contribution in [0.3, 0.4) is 0 Å². The molecule has 3 amide bonds. The van der Waals surface area contributed by atoms with Gasteiger partial charge in [0.1, 0.15) is 28.1 Å². The Balaban J connectivity index is 0.000000123. The van der Waals surface area contributed by atoms with Crippen molar-refractivity contribution >= 4 is 69.0 Å². The van der Waals surface area contributed by atoms with Crippen molar-refractivity contribution in [1.82, 2.24) is 83.2 Å². The summed E-state index contributed by atoms with van der Waals surface area (Å²) in [6.45, 7) is 41.3. The van der Waals surface area contributed by atoms with E-state index in [0.717, 1.165) is 189 Å². The van der Waals surface area contributed by atoms with Gasteiger partial charge in [-0.15, -0.1) is 0 Å². The van der Waals surface area contributed by atoms with Crippen molar-refractivity contribution in [3.63, 3.8) is 0 Å². The first kappa shape index (κ1) is 101. The van der Waals surface area contributed by atoms with Gasteiger partial charge in [0.2, 0.25) is 23.8 Å². The number of hydrogen-bond acceptors (Lipinski definition) is 23. The number of nitrogens with one attached hydrogen (secondary N) is 4. The quantitative estimate of drug-likeness (QED) is 0.0261. The van der Waals surface area contributed by atoms with Gasteiger partial charge in [-0.2, -0.15) is 15.0 Å². The molecule has 0 radical (unpaired) electrons. The van der Waals surface area contributed by atoms with Gasteiger partial charge in [-0.3, -0.25) is 52.5 Å². The molecule has 22 rings (SSSR count). The van der Waals surface area contributed by atoms with E-state index < -0.39 is 11.2 Å². The topological polar surface area (TPSA) is 310 Å². The Bertz CT molecular complexity index is 6390. The maximum absolute atomic E-state index is 12.6. The lowest BCUT2D eigenvalue weighted by atomic mass is 9.95. The highest BCUT2D eigenvalue weighted by molar-refractivity contribution is 5.87. The number of pyridine rings is 3. The van der Waals surface area contributed by atoms with E-state index in [2.05, 4.69) is 159 Å². The van der Waals surface area contributed by atoms with E-state index in [4.69, 9.17) is 30.2 Å². The maximum atomic E-state index is 12.6. The Labute approximate surface area is 848 Å². The first-order chi connectivity index (χ1) is 69.1. The van der Waals surface area contributed by atoms with E-state index in [1.807, 2.05) is 110 Å². The number of amides is 3. The summed E-state index contributed by atoms with van der Waals surface area (Å²) < 4.78 is 16.3.